The van der Waals surface area contributed by atoms with E-state index in [9.17, 15) is 4.79 Å². The molecule has 0 bridgehead atoms. The molecule has 2 rings (SSSR count). The van der Waals surface area contributed by atoms with Crippen LogP contribution >= 0.6 is 11.3 Å². The molecule has 1 N–H and O–H groups in total. The van der Waals surface area contributed by atoms with Crippen LogP contribution in [0.1, 0.15) is 33.9 Å². The van der Waals surface area contributed by atoms with Gasteiger partial charge in [0.25, 0.3) is 5.91 Å². The first-order chi connectivity index (χ1) is 10.6. The molecule has 1 aromatic heterocycles. The van der Waals surface area contributed by atoms with Crippen molar-refractivity contribution in [3.8, 4) is 0 Å². The maximum Gasteiger partial charge on any atom is 0.270 e. The van der Waals surface area contributed by atoms with Gasteiger partial charge < -0.3 is 10.2 Å². The molecule has 0 spiro atoms. The van der Waals surface area contributed by atoms with Crippen molar-refractivity contribution in [3.05, 3.63) is 52.0 Å². The van der Waals surface area contributed by atoms with Gasteiger partial charge in [-0.25, -0.2) is 4.98 Å². The van der Waals surface area contributed by atoms with Gasteiger partial charge in [0.05, 0.1) is 5.01 Å². The average molecular weight is 317 g/mol. The molecule has 0 radical (unpaired) electrons. The predicted octanol–water partition coefficient (Wildman–Crippen LogP) is 2.81. The molecule has 1 heterocycles. The highest BCUT2D eigenvalue weighted by molar-refractivity contribution is 7.09. The number of nitrogens with one attached hydrogen (secondary N) is 1. The molecule has 0 aliphatic heterocycles. The molecule has 0 unspecified atom stereocenters. The lowest BCUT2D eigenvalue weighted by Crippen LogP contribution is -2.25. The monoisotopic (exact) mass is 317 g/mol. The van der Waals surface area contributed by atoms with Crippen molar-refractivity contribution in [2.45, 2.75) is 19.3 Å². The van der Waals surface area contributed by atoms with E-state index in [0.29, 0.717) is 12.2 Å². The van der Waals surface area contributed by atoms with Crippen LogP contribution in [0.2, 0.25) is 0 Å². The third-order valence-corrected chi connectivity index (χ3v) is 4.15. The second kappa shape index (κ2) is 8.66. The largest absolute Gasteiger partial charge is 0.351 e. The maximum atomic E-state index is 12.0. The van der Waals surface area contributed by atoms with E-state index in [0.717, 1.165) is 30.8 Å². The van der Waals surface area contributed by atoms with E-state index in [1.807, 2.05) is 23.6 Å². The first-order valence-electron chi connectivity index (χ1n) is 7.56. The van der Waals surface area contributed by atoms with E-state index in [-0.39, 0.29) is 5.91 Å². The Balaban J connectivity index is 1.77. The van der Waals surface area contributed by atoms with Gasteiger partial charge in [0.1, 0.15) is 5.69 Å². The summed E-state index contributed by atoms with van der Waals surface area (Å²) in [7, 11) is 4.12. The van der Waals surface area contributed by atoms with Crippen molar-refractivity contribution in [1.82, 2.24) is 15.2 Å². The Hall–Kier alpha value is -1.72. The Bertz CT molecular complexity index is 581. The summed E-state index contributed by atoms with van der Waals surface area (Å²) in [6.45, 7) is 1.76. The molecule has 0 aliphatic carbocycles. The zero-order valence-corrected chi connectivity index (χ0v) is 14.0. The number of carbonyl (C=O) groups is 1. The molecule has 4 nitrogen and oxygen atoms in total. The smallest absolute Gasteiger partial charge is 0.270 e. The topological polar surface area (TPSA) is 45.2 Å². The summed E-state index contributed by atoms with van der Waals surface area (Å²) in [4.78, 5) is 18.6. The van der Waals surface area contributed by atoms with E-state index < -0.39 is 0 Å². The Morgan fingerprint density at radius 1 is 1.23 bits per heavy atom. The Morgan fingerprint density at radius 3 is 2.73 bits per heavy atom. The zero-order valence-electron chi connectivity index (χ0n) is 13.2. The number of hydrogen-bond donors (Lipinski definition) is 1. The molecular formula is C17H23N3OS. The first kappa shape index (κ1) is 16.6. The molecule has 0 saturated carbocycles. The summed E-state index contributed by atoms with van der Waals surface area (Å²) >= 11 is 1.54. The van der Waals surface area contributed by atoms with E-state index >= 15 is 0 Å². The van der Waals surface area contributed by atoms with Crippen LogP contribution in [-0.4, -0.2) is 43.0 Å². The van der Waals surface area contributed by atoms with Gasteiger partial charge in [-0.1, -0.05) is 30.3 Å². The molecule has 0 aliphatic rings. The minimum absolute atomic E-state index is 0.0691. The number of rotatable bonds is 8. The number of thiazole rings is 1. The highest BCUT2D eigenvalue weighted by Gasteiger charge is 2.10. The van der Waals surface area contributed by atoms with Crippen molar-refractivity contribution < 1.29 is 4.79 Å². The van der Waals surface area contributed by atoms with Gasteiger partial charge in [-0.15, -0.1) is 11.3 Å². The number of nitrogens with zero attached hydrogens (tertiary/aromatic N) is 2. The third-order valence-electron chi connectivity index (χ3n) is 3.30. The van der Waals surface area contributed by atoms with Gasteiger partial charge in [-0.05, 0) is 39.0 Å². The van der Waals surface area contributed by atoms with Gasteiger partial charge in [-0.3, -0.25) is 4.79 Å². The number of amides is 1. The van der Waals surface area contributed by atoms with Crippen molar-refractivity contribution >= 4 is 17.2 Å². The molecule has 118 valence electrons. The second-order valence-corrected chi connectivity index (χ2v) is 6.50. The maximum absolute atomic E-state index is 12.0. The van der Waals surface area contributed by atoms with Gasteiger partial charge in [-0.2, -0.15) is 0 Å². The van der Waals surface area contributed by atoms with Crippen molar-refractivity contribution in [2.24, 2.45) is 0 Å². The quantitative estimate of drug-likeness (QED) is 0.762. The fourth-order valence-corrected chi connectivity index (χ4v) is 2.92. The average Bonchev–Trinajstić information content (AvgIpc) is 2.96. The lowest BCUT2D eigenvalue weighted by molar-refractivity contribution is 0.0948. The molecule has 1 aromatic carbocycles. The van der Waals surface area contributed by atoms with Crippen molar-refractivity contribution in [2.75, 3.05) is 27.2 Å². The SMILES string of the molecule is CN(C)CCCCNC(=O)c1csc(Cc2ccccc2)n1. The third kappa shape index (κ3) is 5.58. The Morgan fingerprint density at radius 2 is 2.00 bits per heavy atom. The summed E-state index contributed by atoms with van der Waals surface area (Å²) in [6.07, 6.45) is 2.86. The highest BCUT2D eigenvalue weighted by Crippen LogP contribution is 2.14. The summed E-state index contributed by atoms with van der Waals surface area (Å²) in [5.41, 5.74) is 1.75. The number of aromatic nitrogens is 1. The normalized spacial score (nSPS) is 10.9. The van der Waals surface area contributed by atoms with Crippen LogP contribution in [0, 0.1) is 0 Å². The van der Waals surface area contributed by atoms with E-state index in [4.69, 9.17) is 0 Å². The van der Waals surface area contributed by atoms with E-state index in [2.05, 4.69) is 41.4 Å². The predicted molar refractivity (Wildman–Crippen MR) is 91.5 cm³/mol. The molecular weight excluding hydrogens is 294 g/mol. The lowest BCUT2D eigenvalue weighted by Gasteiger charge is -2.08. The van der Waals surface area contributed by atoms with E-state index in [1.165, 1.54) is 5.56 Å². The van der Waals surface area contributed by atoms with Crippen LogP contribution in [0.15, 0.2) is 35.7 Å². The van der Waals surface area contributed by atoms with Crippen molar-refractivity contribution in [1.29, 1.82) is 0 Å². The number of carbonyl (C=O) groups excluding carboxylic acids is 1. The standard InChI is InChI=1S/C17H23N3OS/c1-20(2)11-7-6-10-18-17(21)15-13-22-16(19-15)12-14-8-4-3-5-9-14/h3-5,8-9,13H,6-7,10-12H2,1-2H3,(H,18,21). The van der Waals surface area contributed by atoms with Gasteiger partial charge in [0, 0.05) is 18.3 Å². The minimum Gasteiger partial charge on any atom is -0.351 e. The molecule has 0 atom stereocenters. The number of hydrogen-bond acceptors (Lipinski definition) is 4. The second-order valence-electron chi connectivity index (χ2n) is 5.56. The number of benzene rings is 1. The summed E-state index contributed by atoms with van der Waals surface area (Å²) in [5, 5.41) is 5.75. The molecule has 22 heavy (non-hydrogen) atoms. The fourth-order valence-electron chi connectivity index (χ4n) is 2.11. The first-order valence-corrected chi connectivity index (χ1v) is 8.44. The molecule has 2 aromatic rings. The van der Waals surface area contributed by atoms with Crippen LogP contribution < -0.4 is 5.32 Å². The Labute approximate surface area is 136 Å². The van der Waals surface area contributed by atoms with Crippen LogP contribution in [-0.2, 0) is 6.42 Å². The van der Waals surface area contributed by atoms with Crippen molar-refractivity contribution in [3.63, 3.8) is 0 Å². The molecule has 1 amide bonds. The van der Waals surface area contributed by atoms with Gasteiger partial charge in [0.2, 0.25) is 0 Å². The minimum atomic E-state index is -0.0691. The van der Waals surface area contributed by atoms with Crippen LogP contribution in [0.5, 0.6) is 0 Å². The van der Waals surface area contributed by atoms with Gasteiger partial charge >= 0.3 is 0 Å². The van der Waals surface area contributed by atoms with Gasteiger partial charge in [0.15, 0.2) is 0 Å². The Kier molecular flexibility index (Phi) is 6.55. The van der Waals surface area contributed by atoms with Crippen LogP contribution in [0.25, 0.3) is 0 Å². The summed E-state index contributed by atoms with van der Waals surface area (Å²) < 4.78 is 0. The summed E-state index contributed by atoms with van der Waals surface area (Å²) in [5.74, 6) is -0.0691. The van der Waals surface area contributed by atoms with Crippen LogP contribution in [0.3, 0.4) is 0 Å². The highest BCUT2D eigenvalue weighted by atomic mass is 32.1. The molecule has 5 heteroatoms. The zero-order chi connectivity index (χ0) is 15.8. The molecule has 0 fully saturated rings. The summed E-state index contributed by atoms with van der Waals surface area (Å²) in [6, 6.07) is 10.2. The lowest BCUT2D eigenvalue weighted by atomic mass is 10.2. The molecule has 0 saturated heterocycles. The van der Waals surface area contributed by atoms with Crippen LogP contribution in [0.4, 0.5) is 0 Å². The van der Waals surface area contributed by atoms with E-state index in [1.54, 1.807) is 11.3 Å². The fraction of sp³-hybridized carbons (Fsp3) is 0.412. The number of unbranched alkanes of at least 4 members (excludes halogenated alkanes) is 1.